The Morgan fingerprint density at radius 2 is 1.93 bits per heavy atom. The zero-order valence-corrected chi connectivity index (χ0v) is 17.4. The van der Waals surface area contributed by atoms with Crippen molar-refractivity contribution in [3.8, 4) is 0 Å². The number of amides is 1. The number of fused-ring (bicyclic) bond motifs is 2. The number of rotatable bonds is 5. The quantitative estimate of drug-likeness (QED) is 0.706. The normalized spacial score (nSPS) is 21.0. The lowest BCUT2D eigenvalue weighted by molar-refractivity contribution is 0.0932. The van der Waals surface area contributed by atoms with Crippen LogP contribution in [0.5, 0.6) is 0 Å². The van der Waals surface area contributed by atoms with Gasteiger partial charge in [-0.2, -0.15) is 0 Å². The van der Waals surface area contributed by atoms with Gasteiger partial charge in [-0.25, -0.2) is 0 Å². The lowest BCUT2D eigenvalue weighted by atomic mass is 9.89. The summed E-state index contributed by atoms with van der Waals surface area (Å²) in [5, 5.41) is 11.5. The van der Waals surface area contributed by atoms with Gasteiger partial charge in [-0.05, 0) is 36.5 Å². The van der Waals surface area contributed by atoms with Crippen LogP contribution in [-0.2, 0) is 26.1 Å². The van der Waals surface area contributed by atoms with Gasteiger partial charge in [-0.15, -0.1) is 21.5 Å². The van der Waals surface area contributed by atoms with Crippen LogP contribution < -0.4 is 5.32 Å². The van der Waals surface area contributed by atoms with Crippen molar-refractivity contribution in [3.05, 3.63) is 69.4 Å². The molecule has 1 N–H and O–H groups in total. The number of nitrogens with zero attached hydrogens (tertiary/aromatic N) is 4. The SMILES string of the molecule is Cc1ccc(CN2C[C@@H]3Cn4c(nnc4C(=O)NCc4ccccc4)C[C@H]3C2)s1. The molecule has 2 aromatic heterocycles. The van der Waals surface area contributed by atoms with Crippen LogP contribution in [0, 0.1) is 18.8 Å². The van der Waals surface area contributed by atoms with E-state index in [0.29, 0.717) is 24.2 Å². The summed E-state index contributed by atoms with van der Waals surface area (Å²) in [6.07, 6.45) is 0.906. The Balaban J connectivity index is 1.24. The topological polar surface area (TPSA) is 63.1 Å². The fourth-order valence-electron chi connectivity index (χ4n) is 4.57. The second kappa shape index (κ2) is 7.72. The van der Waals surface area contributed by atoms with Crippen LogP contribution >= 0.6 is 11.3 Å². The molecule has 0 spiro atoms. The molecular formula is C22H25N5OS. The molecule has 0 aliphatic carbocycles. The molecule has 2 atom stereocenters. The van der Waals surface area contributed by atoms with Crippen molar-refractivity contribution in [1.29, 1.82) is 0 Å². The lowest BCUT2D eigenvalue weighted by Crippen LogP contribution is -2.32. The molecule has 1 amide bonds. The van der Waals surface area contributed by atoms with E-state index in [1.807, 2.05) is 46.2 Å². The number of hydrogen-bond acceptors (Lipinski definition) is 5. The molecule has 3 aromatic rings. The number of benzene rings is 1. The van der Waals surface area contributed by atoms with Crippen LogP contribution in [0.2, 0.25) is 0 Å². The van der Waals surface area contributed by atoms with Crippen LogP contribution in [-0.4, -0.2) is 38.7 Å². The van der Waals surface area contributed by atoms with Gasteiger partial charge in [0.2, 0.25) is 5.82 Å². The minimum Gasteiger partial charge on any atom is -0.345 e. The highest BCUT2D eigenvalue weighted by Crippen LogP contribution is 2.33. The molecule has 2 aliphatic heterocycles. The van der Waals surface area contributed by atoms with Gasteiger partial charge in [-0.1, -0.05) is 30.3 Å². The van der Waals surface area contributed by atoms with Crippen LogP contribution in [0.4, 0.5) is 0 Å². The van der Waals surface area contributed by atoms with E-state index in [-0.39, 0.29) is 5.91 Å². The highest BCUT2D eigenvalue weighted by Gasteiger charge is 2.39. The predicted molar refractivity (Wildman–Crippen MR) is 113 cm³/mol. The third-order valence-corrected chi connectivity index (χ3v) is 7.00. The molecule has 0 unspecified atom stereocenters. The van der Waals surface area contributed by atoms with Gasteiger partial charge in [0.05, 0.1) is 0 Å². The number of carbonyl (C=O) groups excluding carboxylic acids is 1. The van der Waals surface area contributed by atoms with Crippen molar-refractivity contribution in [2.24, 2.45) is 11.8 Å². The van der Waals surface area contributed by atoms with E-state index >= 15 is 0 Å². The Morgan fingerprint density at radius 3 is 2.72 bits per heavy atom. The molecule has 4 heterocycles. The molecule has 7 heteroatoms. The van der Waals surface area contributed by atoms with Gasteiger partial charge in [-0.3, -0.25) is 9.69 Å². The maximum atomic E-state index is 12.7. The molecule has 5 rings (SSSR count). The third kappa shape index (κ3) is 3.84. The smallest absolute Gasteiger partial charge is 0.289 e. The first-order valence-electron chi connectivity index (χ1n) is 10.2. The highest BCUT2D eigenvalue weighted by molar-refractivity contribution is 7.11. The van der Waals surface area contributed by atoms with Crippen molar-refractivity contribution in [2.75, 3.05) is 13.1 Å². The van der Waals surface area contributed by atoms with Crippen molar-refractivity contribution in [3.63, 3.8) is 0 Å². The van der Waals surface area contributed by atoms with Gasteiger partial charge in [0.15, 0.2) is 0 Å². The van der Waals surface area contributed by atoms with Gasteiger partial charge in [0.25, 0.3) is 5.91 Å². The number of carbonyl (C=O) groups is 1. The van der Waals surface area contributed by atoms with E-state index in [1.165, 1.54) is 9.75 Å². The van der Waals surface area contributed by atoms with Crippen LogP contribution in [0.25, 0.3) is 0 Å². The molecule has 1 saturated heterocycles. The van der Waals surface area contributed by atoms with E-state index in [9.17, 15) is 4.79 Å². The van der Waals surface area contributed by atoms with Crippen molar-refractivity contribution in [1.82, 2.24) is 25.0 Å². The Bertz CT molecular complexity index is 1010. The number of likely N-dealkylation sites (tertiary alicyclic amines) is 1. The summed E-state index contributed by atoms with van der Waals surface area (Å²) in [6.45, 7) is 6.70. The first-order valence-corrected chi connectivity index (χ1v) is 11.0. The Hall–Kier alpha value is -2.51. The average Bonchev–Trinajstić information content (AvgIpc) is 3.43. The van der Waals surface area contributed by atoms with Crippen molar-refractivity contribution < 1.29 is 4.79 Å². The molecule has 1 aromatic carbocycles. The number of nitrogens with one attached hydrogen (secondary N) is 1. The van der Waals surface area contributed by atoms with E-state index in [2.05, 4.69) is 39.5 Å². The Labute approximate surface area is 174 Å². The molecular weight excluding hydrogens is 382 g/mol. The van der Waals surface area contributed by atoms with Crippen molar-refractivity contribution >= 4 is 17.2 Å². The second-order valence-electron chi connectivity index (χ2n) is 8.15. The average molecular weight is 408 g/mol. The van der Waals surface area contributed by atoms with E-state index in [1.54, 1.807) is 0 Å². The number of thiophene rings is 1. The molecule has 1 fully saturated rings. The second-order valence-corrected chi connectivity index (χ2v) is 9.52. The maximum absolute atomic E-state index is 12.7. The zero-order chi connectivity index (χ0) is 19.8. The molecule has 0 bridgehead atoms. The predicted octanol–water partition coefficient (Wildman–Crippen LogP) is 2.88. The molecule has 6 nitrogen and oxygen atoms in total. The van der Waals surface area contributed by atoms with E-state index in [4.69, 9.17) is 0 Å². The summed E-state index contributed by atoms with van der Waals surface area (Å²) in [4.78, 5) is 18.1. The van der Waals surface area contributed by atoms with Gasteiger partial charge < -0.3 is 9.88 Å². The largest absolute Gasteiger partial charge is 0.345 e. The standard InChI is InChI=1S/C22H25N5OS/c1-15-7-8-19(29-15)14-26-11-17-9-20-24-25-21(27(20)13-18(17)12-26)22(28)23-10-16-5-3-2-4-6-16/h2-8,17-18H,9-14H2,1H3,(H,23,28)/t17-,18+/m0/s1. The summed E-state index contributed by atoms with van der Waals surface area (Å²) in [5.74, 6) is 2.41. The molecule has 0 saturated carbocycles. The molecule has 0 radical (unpaired) electrons. The van der Waals surface area contributed by atoms with Crippen LogP contribution in [0.3, 0.4) is 0 Å². The monoisotopic (exact) mass is 407 g/mol. The number of aryl methyl sites for hydroxylation is 1. The number of hydrogen-bond donors (Lipinski definition) is 1. The highest BCUT2D eigenvalue weighted by atomic mass is 32.1. The van der Waals surface area contributed by atoms with Gasteiger partial charge >= 0.3 is 0 Å². The maximum Gasteiger partial charge on any atom is 0.289 e. The van der Waals surface area contributed by atoms with Crippen molar-refractivity contribution in [2.45, 2.75) is 33.0 Å². The summed E-state index contributed by atoms with van der Waals surface area (Å²) < 4.78 is 2.04. The molecule has 2 aliphatic rings. The van der Waals surface area contributed by atoms with E-state index in [0.717, 1.165) is 44.0 Å². The fourth-order valence-corrected chi connectivity index (χ4v) is 5.50. The van der Waals surface area contributed by atoms with Crippen LogP contribution in [0.15, 0.2) is 42.5 Å². The summed E-state index contributed by atoms with van der Waals surface area (Å²) >= 11 is 1.88. The Morgan fingerprint density at radius 1 is 1.10 bits per heavy atom. The zero-order valence-electron chi connectivity index (χ0n) is 16.5. The first-order chi connectivity index (χ1) is 14.2. The number of aromatic nitrogens is 3. The summed E-state index contributed by atoms with van der Waals surface area (Å²) in [7, 11) is 0. The molecule has 150 valence electrons. The fraction of sp³-hybridized carbons (Fsp3) is 0.409. The van der Waals surface area contributed by atoms with Gasteiger partial charge in [0, 0.05) is 48.9 Å². The first kappa shape index (κ1) is 18.5. The van der Waals surface area contributed by atoms with E-state index < -0.39 is 0 Å². The minimum atomic E-state index is -0.144. The summed E-state index contributed by atoms with van der Waals surface area (Å²) in [5.41, 5.74) is 1.08. The van der Waals surface area contributed by atoms with Crippen LogP contribution in [0.1, 0.15) is 31.8 Å². The third-order valence-electron chi connectivity index (χ3n) is 6.02. The Kier molecular flexibility index (Phi) is 4.93. The van der Waals surface area contributed by atoms with Gasteiger partial charge in [0.1, 0.15) is 5.82 Å². The molecule has 29 heavy (non-hydrogen) atoms. The summed E-state index contributed by atoms with van der Waals surface area (Å²) in [6, 6.07) is 14.4. The lowest BCUT2D eigenvalue weighted by Gasteiger charge is -2.25. The minimum absolute atomic E-state index is 0.144.